The van der Waals surface area contributed by atoms with Gasteiger partial charge in [0.15, 0.2) is 0 Å². The molecule has 2 aliphatic carbocycles. The van der Waals surface area contributed by atoms with E-state index in [1.54, 1.807) is 0 Å². The molecule has 3 aliphatic rings. The van der Waals surface area contributed by atoms with Gasteiger partial charge in [0, 0.05) is 25.0 Å². The van der Waals surface area contributed by atoms with E-state index in [-0.39, 0.29) is 5.92 Å². The monoisotopic (exact) mass is 312 g/mol. The fraction of sp³-hybridized carbons (Fsp3) is 0.650. The predicted molar refractivity (Wildman–Crippen MR) is 91.8 cm³/mol. The maximum atomic E-state index is 13.1. The van der Waals surface area contributed by atoms with Gasteiger partial charge in [0.25, 0.3) is 0 Å². The zero-order valence-electron chi connectivity index (χ0n) is 13.9. The molecule has 124 valence electrons. The highest BCUT2D eigenvalue weighted by Crippen LogP contribution is 2.48. The number of carbonyl (C=O) groups is 1. The Morgan fingerprint density at radius 3 is 2.35 bits per heavy atom. The van der Waals surface area contributed by atoms with E-state index in [9.17, 15) is 4.79 Å². The van der Waals surface area contributed by atoms with E-state index < -0.39 is 0 Å². The molecule has 3 heteroatoms. The SMILES string of the molecule is NC1CCC12CCN(C(=O)C(Cc1ccccc1)C1CC1)CC2. The Labute approximate surface area is 139 Å². The molecule has 1 aromatic carbocycles. The summed E-state index contributed by atoms with van der Waals surface area (Å²) < 4.78 is 0. The maximum absolute atomic E-state index is 13.1. The molecular formula is C20H28N2O. The summed E-state index contributed by atoms with van der Waals surface area (Å²) >= 11 is 0. The molecule has 0 bridgehead atoms. The molecular weight excluding hydrogens is 284 g/mol. The summed E-state index contributed by atoms with van der Waals surface area (Å²) in [6, 6.07) is 10.9. The van der Waals surface area contributed by atoms with Gasteiger partial charge in [0.1, 0.15) is 0 Å². The average molecular weight is 312 g/mol. The van der Waals surface area contributed by atoms with Crippen LogP contribution in [0, 0.1) is 17.3 Å². The van der Waals surface area contributed by atoms with Crippen molar-refractivity contribution in [1.29, 1.82) is 0 Å². The minimum Gasteiger partial charge on any atom is -0.342 e. The van der Waals surface area contributed by atoms with Crippen LogP contribution in [0.25, 0.3) is 0 Å². The number of amides is 1. The Balaban J connectivity index is 1.40. The number of rotatable bonds is 4. The molecule has 23 heavy (non-hydrogen) atoms. The first-order valence-electron chi connectivity index (χ1n) is 9.26. The van der Waals surface area contributed by atoms with Crippen LogP contribution in [0.15, 0.2) is 30.3 Å². The topological polar surface area (TPSA) is 46.3 Å². The molecule has 0 aromatic heterocycles. The van der Waals surface area contributed by atoms with Crippen molar-refractivity contribution in [3.63, 3.8) is 0 Å². The Bertz CT molecular complexity index is 558. The number of likely N-dealkylation sites (tertiary alicyclic amines) is 1. The fourth-order valence-electron chi connectivity index (χ4n) is 4.57. The highest BCUT2D eigenvalue weighted by Gasteiger charge is 2.48. The summed E-state index contributed by atoms with van der Waals surface area (Å²) in [5.41, 5.74) is 7.89. The van der Waals surface area contributed by atoms with Gasteiger partial charge in [-0.05, 0) is 61.8 Å². The fourth-order valence-corrected chi connectivity index (χ4v) is 4.57. The molecule has 1 aromatic rings. The molecule has 1 heterocycles. The molecule has 3 nitrogen and oxygen atoms in total. The van der Waals surface area contributed by atoms with Gasteiger partial charge in [-0.15, -0.1) is 0 Å². The van der Waals surface area contributed by atoms with Gasteiger partial charge < -0.3 is 10.6 Å². The maximum Gasteiger partial charge on any atom is 0.226 e. The molecule has 1 aliphatic heterocycles. The van der Waals surface area contributed by atoms with E-state index in [0.717, 1.165) is 32.4 Å². The van der Waals surface area contributed by atoms with Gasteiger partial charge in [0.2, 0.25) is 5.91 Å². The number of hydrogen-bond donors (Lipinski definition) is 1. The van der Waals surface area contributed by atoms with Crippen LogP contribution < -0.4 is 5.73 Å². The first-order valence-corrected chi connectivity index (χ1v) is 9.26. The second-order valence-corrected chi connectivity index (χ2v) is 7.97. The minimum absolute atomic E-state index is 0.196. The largest absolute Gasteiger partial charge is 0.342 e. The Morgan fingerprint density at radius 2 is 1.83 bits per heavy atom. The van der Waals surface area contributed by atoms with Gasteiger partial charge in [-0.2, -0.15) is 0 Å². The van der Waals surface area contributed by atoms with Crippen LogP contribution in [0.2, 0.25) is 0 Å². The molecule has 2 atom stereocenters. The van der Waals surface area contributed by atoms with Crippen molar-refractivity contribution in [2.45, 2.75) is 51.0 Å². The lowest BCUT2D eigenvalue weighted by atomic mass is 9.59. The smallest absolute Gasteiger partial charge is 0.226 e. The van der Waals surface area contributed by atoms with E-state index in [1.807, 2.05) is 6.07 Å². The van der Waals surface area contributed by atoms with Crippen molar-refractivity contribution >= 4 is 5.91 Å². The average Bonchev–Trinajstić information content (AvgIpc) is 3.44. The van der Waals surface area contributed by atoms with Crippen LogP contribution in [-0.4, -0.2) is 29.9 Å². The van der Waals surface area contributed by atoms with E-state index in [4.69, 9.17) is 5.73 Å². The molecule has 1 amide bonds. The van der Waals surface area contributed by atoms with Crippen molar-refractivity contribution in [2.24, 2.45) is 23.0 Å². The molecule has 1 spiro atoms. The Kier molecular flexibility index (Phi) is 3.92. The van der Waals surface area contributed by atoms with Crippen LogP contribution in [-0.2, 0) is 11.2 Å². The highest BCUT2D eigenvalue weighted by atomic mass is 16.2. The number of hydrogen-bond acceptors (Lipinski definition) is 2. The van der Waals surface area contributed by atoms with E-state index in [1.165, 1.54) is 31.2 Å². The standard InChI is InChI=1S/C20H28N2O/c21-18-8-9-20(18)10-12-22(13-11-20)19(23)17(16-6-7-16)14-15-4-2-1-3-5-15/h1-5,16-18H,6-14,21H2. The Hall–Kier alpha value is -1.35. The van der Waals surface area contributed by atoms with Gasteiger partial charge >= 0.3 is 0 Å². The molecule has 4 rings (SSSR count). The molecule has 2 N–H and O–H groups in total. The van der Waals surface area contributed by atoms with Crippen molar-refractivity contribution in [1.82, 2.24) is 4.90 Å². The first kappa shape index (κ1) is 15.2. The molecule has 2 saturated carbocycles. The molecule has 1 saturated heterocycles. The predicted octanol–water partition coefficient (Wildman–Crippen LogP) is 2.99. The first-order chi connectivity index (χ1) is 11.2. The van der Waals surface area contributed by atoms with Crippen molar-refractivity contribution in [3.8, 4) is 0 Å². The normalized spacial score (nSPS) is 27.5. The lowest BCUT2D eigenvalue weighted by Crippen LogP contribution is -2.57. The number of carbonyl (C=O) groups excluding carboxylic acids is 1. The molecule has 0 radical (unpaired) electrons. The van der Waals surface area contributed by atoms with Crippen molar-refractivity contribution in [3.05, 3.63) is 35.9 Å². The third kappa shape index (κ3) is 2.91. The van der Waals surface area contributed by atoms with E-state index in [0.29, 0.717) is 23.3 Å². The van der Waals surface area contributed by atoms with Crippen LogP contribution in [0.3, 0.4) is 0 Å². The second-order valence-electron chi connectivity index (χ2n) is 7.97. The lowest BCUT2D eigenvalue weighted by molar-refractivity contribution is -0.140. The van der Waals surface area contributed by atoms with Gasteiger partial charge in [-0.3, -0.25) is 4.79 Å². The van der Waals surface area contributed by atoms with Crippen LogP contribution in [0.1, 0.15) is 44.1 Å². The van der Waals surface area contributed by atoms with Crippen LogP contribution >= 0.6 is 0 Å². The zero-order chi connectivity index (χ0) is 15.9. The summed E-state index contributed by atoms with van der Waals surface area (Å²) in [5, 5.41) is 0. The summed E-state index contributed by atoms with van der Waals surface area (Å²) in [6.07, 6.45) is 8.04. The number of nitrogens with two attached hydrogens (primary N) is 1. The summed E-state index contributed by atoms with van der Waals surface area (Å²) in [4.78, 5) is 15.2. The molecule has 3 fully saturated rings. The van der Waals surface area contributed by atoms with Gasteiger partial charge in [-0.1, -0.05) is 30.3 Å². The number of piperidine rings is 1. The van der Waals surface area contributed by atoms with Crippen molar-refractivity contribution < 1.29 is 4.79 Å². The van der Waals surface area contributed by atoms with Gasteiger partial charge in [-0.25, -0.2) is 0 Å². The highest BCUT2D eigenvalue weighted by molar-refractivity contribution is 5.80. The van der Waals surface area contributed by atoms with Gasteiger partial charge in [0.05, 0.1) is 0 Å². The number of benzene rings is 1. The summed E-state index contributed by atoms with van der Waals surface area (Å²) in [7, 11) is 0. The zero-order valence-corrected chi connectivity index (χ0v) is 13.9. The lowest BCUT2D eigenvalue weighted by Gasteiger charge is -2.52. The minimum atomic E-state index is 0.196. The second kappa shape index (κ2) is 5.94. The third-order valence-corrected chi connectivity index (χ3v) is 6.62. The third-order valence-electron chi connectivity index (χ3n) is 6.62. The van der Waals surface area contributed by atoms with Crippen molar-refractivity contribution in [2.75, 3.05) is 13.1 Å². The van der Waals surface area contributed by atoms with Crippen LogP contribution in [0.5, 0.6) is 0 Å². The number of nitrogens with zero attached hydrogens (tertiary/aromatic N) is 1. The van der Waals surface area contributed by atoms with E-state index >= 15 is 0 Å². The quantitative estimate of drug-likeness (QED) is 0.929. The molecule has 2 unspecified atom stereocenters. The summed E-state index contributed by atoms with van der Waals surface area (Å²) in [5.74, 6) is 1.21. The summed E-state index contributed by atoms with van der Waals surface area (Å²) in [6.45, 7) is 1.84. The Morgan fingerprint density at radius 1 is 1.13 bits per heavy atom. The van der Waals surface area contributed by atoms with E-state index in [2.05, 4.69) is 29.2 Å². The van der Waals surface area contributed by atoms with Crippen LogP contribution in [0.4, 0.5) is 0 Å².